The summed E-state index contributed by atoms with van der Waals surface area (Å²) < 4.78 is 56.8. The van der Waals surface area contributed by atoms with Gasteiger partial charge in [0.05, 0.1) is 5.69 Å². The second-order valence-electron chi connectivity index (χ2n) is 6.54. The van der Waals surface area contributed by atoms with Gasteiger partial charge in [-0.2, -0.15) is 0 Å². The summed E-state index contributed by atoms with van der Waals surface area (Å²) in [4.78, 5) is 25.5. The zero-order chi connectivity index (χ0) is 24.0. The Morgan fingerprint density at radius 2 is 1.61 bits per heavy atom. The molecule has 0 spiro atoms. The number of nitrogens with one attached hydrogen (secondary N) is 2. The number of hydrogen-bond acceptors (Lipinski definition) is 3. The lowest BCUT2D eigenvalue weighted by Gasteiger charge is -2.15. The first-order valence-electron chi connectivity index (χ1n) is 9.31. The first kappa shape index (κ1) is 24.0. The van der Waals surface area contributed by atoms with Gasteiger partial charge in [-0.15, -0.1) is 13.2 Å². The summed E-state index contributed by atoms with van der Waals surface area (Å²) in [5.74, 6) is -3.00. The molecule has 0 aliphatic rings. The first-order valence-corrected chi connectivity index (χ1v) is 10.1. The number of halogens is 5. The topological polar surface area (TPSA) is 67.4 Å². The maximum absolute atomic E-state index is 14.3. The Labute approximate surface area is 194 Å². The second kappa shape index (κ2) is 10.3. The molecule has 0 heterocycles. The fraction of sp³-hybridized carbons (Fsp3) is 0.0435. The average molecular weight is 523 g/mol. The SMILES string of the molecule is O=C(Nc1ccccc1OC(F)(F)F)/C(=C/c1cc(Br)ccc1F)NC(=O)c1ccccc1. The molecular formula is C23H15BrF4N2O3. The van der Waals surface area contributed by atoms with Gasteiger partial charge in [0, 0.05) is 15.6 Å². The van der Waals surface area contributed by atoms with Crippen molar-refractivity contribution >= 4 is 39.5 Å². The fourth-order valence-electron chi connectivity index (χ4n) is 2.70. The smallest absolute Gasteiger partial charge is 0.404 e. The van der Waals surface area contributed by atoms with E-state index in [2.05, 4.69) is 31.3 Å². The van der Waals surface area contributed by atoms with Crippen molar-refractivity contribution in [3.8, 4) is 5.75 Å². The van der Waals surface area contributed by atoms with Gasteiger partial charge in [-0.05, 0) is 48.5 Å². The molecule has 0 saturated heterocycles. The highest BCUT2D eigenvalue weighted by Crippen LogP contribution is 2.30. The van der Waals surface area contributed by atoms with Crippen LogP contribution in [0, 0.1) is 5.82 Å². The van der Waals surface area contributed by atoms with Crippen LogP contribution < -0.4 is 15.4 Å². The third-order valence-electron chi connectivity index (χ3n) is 4.15. The Morgan fingerprint density at radius 3 is 2.30 bits per heavy atom. The van der Waals surface area contributed by atoms with Crippen LogP contribution in [0.5, 0.6) is 5.75 Å². The number of alkyl halides is 3. The van der Waals surface area contributed by atoms with Crippen LogP contribution in [0.1, 0.15) is 15.9 Å². The highest BCUT2D eigenvalue weighted by Gasteiger charge is 2.32. The number of rotatable bonds is 6. The number of benzene rings is 3. The Kier molecular flexibility index (Phi) is 7.49. The van der Waals surface area contributed by atoms with E-state index in [0.717, 1.165) is 18.2 Å². The van der Waals surface area contributed by atoms with Crippen molar-refractivity contribution in [1.29, 1.82) is 0 Å². The van der Waals surface area contributed by atoms with Crippen LogP contribution in [0.3, 0.4) is 0 Å². The van der Waals surface area contributed by atoms with Crippen LogP contribution in [-0.2, 0) is 4.79 Å². The monoisotopic (exact) mass is 522 g/mol. The number of anilines is 1. The van der Waals surface area contributed by atoms with Crippen molar-refractivity contribution < 1.29 is 31.9 Å². The van der Waals surface area contributed by atoms with E-state index in [-0.39, 0.29) is 16.8 Å². The Morgan fingerprint density at radius 1 is 0.939 bits per heavy atom. The summed E-state index contributed by atoms with van der Waals surface area (Å²) in [5.41, 5.74) is -0.522. The minimum Gasteiger partial charge on any atom is -0.404 e. The van der Waals surface area contributed by atoms with Crippen LogP contribution in [0.4, 0.5) is 23.2 Å². The van der Waals surface area contributed by atoms with E-state index >= 15 is 0 Å². The lowest BCUT2D eigenvalue weighted by molar-refractivity contribution is -0.274. The molecule has 0 unspecified atom stereocenters. The summed E-state index contributed by atoms with van der Waals surface area (Å²) in [6, 6.07) is 16.8. The van der Waals surface area contributed by atoms with Crippen LogP contribution in [0.15, 0.2) is 83.0 Å². The quantitative estimate of drug-likeness (QED) is 0.313. The van der Waals surface area contributed by atoms with Gasteiger partial charge in [0.1, 0.15) is 11.5 Å². The van der Waals surface area contributed by atoms with Gasteiger partial charge < -0.3 is 15.4 Å². The minimum absolute atomic E-state index is 0.0392. The Bertz CT molecular complexity index is 1200. The molecule has 2 N–H and O–H groups in total. The number of ether oxygens (including phenoxy) is 1. The van der Waals surface area contributed by atoms with E-state index in [4.69, 9.17) is 0 Å². The summed E-state index contributed by atoms with van der Waals surface area (Å²) in [6.45, 7) is 0. The van der Waals surface area contributed by atoms with E-state index in [1.54, 1.807) is 18.2 Å². The molecule has 5 nitrogen and oxygen atoms in total. The molecule has 3 rings (SSSR count). The van der Waals surface area contributed by atoms with Crippen LogP contribution in [-0.4, -0.2) is 18.2 Å². The number of hydrogen-bond donors (Lipinski definition) is 2. The van der Waals surface area contributed by atoms with E-state index < -0.39 is 35.4 Å². The zero-order valence-electron chi connectivity index (χ0n) is 16.6. The van der Waals surface area contributed by atoms with Gasteiger partial charge in [-0.25, -0.2) is 4.39 Å². The van der Waals surface area contributed by atoms with E-state index in [0.29, 0.717) is 4.47 Å². The number of amides is 2. The van der Waals surface area contributed by atoms with Gasteiger partial charge >= 0.3 is 6.36 Å². The van der Waals surface area contributed by atoms with E-state index in [1.807, 2.05) is 0 Å². The Hall–Kier alpha value is -3.66. The molecule has 170 valence electrons. The molecule has 0 aliphatic heterocycles. The molecule has 0 atom stereocenters. The summed E-state index contributed by atoms with van der Waals surface area (Å²) in [6.07, 6.45) is -3.91. The van der Waals surface area contributed by atoms with Gasteiger partial charge in [-0.1, -0.05) is 46.3 Å². The van der Waals surface area contributed by atoms with Gasteiger partial charge in [-0.3, -0.25) is 9.59 Å². The normalized spacial score (nSPS) is 11.6. The van der Waals surface area contributed by atoms with Crippen LogP contribution >= 0.6 is 15.9 Å². The lowest BCUT2D eigenvalue weighted by atomic mass is 10.1. The minimum atomic E-state index is -4.99. The van der Waals surface area contributed by atoms with Crippen molar-refractivity contribution in [3.63, 3.8) is 0 Å². The molecule has 2 amide bonds. The summed E-state index contributed by atoms with van der Waals surface area (Å²) in [5, 5.41) is 4.64. The predicted octanol–water partition coefficient (Wildman–Crippen LogP) is 5.90. The van der Waals surface area contributed by atoms with E-state index in [9.17, 15) is 27.2 Å². The molecule has 33 heavy (non-hydrogen) atoms. The van der Waals surface area contributed by atoms with Crippen molar-refractivity contribution in [3.05, 3.63) is 99.9 Å². The maximum Gasteiger partial charge on any atom is 0.573 e. The van der Waals surface area contributed by atoms with Crippen LogP contribution in [0.2, 0.25) is 0 Å². The molecule has 0 bridgehead atoms. The van der Waals surface area contributed by atoms with E-state index in [1.165, 1.54) is 42.5 Å². The molecule has 3 aromatic rings. The molecule has 3 aromatic carbocycles. The Balaban J connectivity index is 1.96. The summed E-state index contributed by atoms with van der Waals surface area (Å²) >= 11 is 3.20. The molecule has 0 aliphatic carbocycles. The molecule has 10 heteroatoms. The highest BCUT2D eigenvalue weighted by molar-refractivity contribution is 9.10. The molecule has 0 radical (unpaired) electrons. The maximum atomic E-state index is 14.3. The third kappa shape index (κ3) is 6.91. The largest absolute Gasteiger partial charge is 0.573 e. The molecular weight excluding hydrogens is 508 g/mol. The fourth-order valence-corrected chi connectivity index (χ4v) is 3.08. The van der Waals surface area contributed by atoms with Gasteiger partial charge in [0.15, 0.2) is 5.75 Å². The zero-order valence-corrected chi connectivity index (χ0v) is 18.2. The van der Waals surface area contributed by atoms with Gasteiger partial charge in [0.25, 0.3) is 11.8 Å². The molecule has 0 aromatic heterocycles. The summed E-state index contributed by atoms with van der Waals surface area (Å²) in [7, 11) is 0. The standard InChI is InChI=1S/C23H15BrF4N2O3/c24-16-10-11-17(25)15(12-16)13-19(30-21(31)14-6-2-1-3-7-14)22(32)29-18-8-4-5-9-20(18)33-23(26,27)28/h1-13H,(H,29,32)(H,30,31)/b19-13-. The highest BCUT2D eigenvalue weighted by atomic mass is 79.9. The number of carbonyl (C=O) groups is 2. The van der Waals surface area contributed by atoms with Crippen LogP contribution in [0.25, 0.3) is 6.08 Å². The van der Waals surface area contributed by atoms with Crippen molar-refractivity contribution in [2.75, 3.05) is 5.32 Å². The van der Waals surface area contributed by atoms with Gasteiger partial charge in [0.2, 0.25) is 0 Å². The molecule has 0 saturated carbocycles. The van der Waals surface area contributed by atoms with Crippen molar-refractivity contribution in [2.24, 2.45) is 0 Å². The lowest BCUT2D eigenvalue weighted by Crippen LogP contribution is -2.31. The third-order valence-corrected chi connectivity index (χ3v) is 4.64. The number of carbonyl (C=O) groups excluding carboxylic acids is 2. The van der Waals surface area contributed by atoms with Crippen molar-refractivity contribution in [2.45, 2.75) is 6.36 Å². The second-order valence-corrected chi connectivity index (χ2v) is 7.46. The number of para-hydroxylation sites is 2. The first-order chi connectivity index (χ1) is 15.6. The average Bonchev–Trinajstić information content (AvgIpc) is 2.76. The molecule has 0 fully saturated rings. The van der Waals surface area contributed by atoms with Crippen molar-refractivity contribution in [1.82, 2.24) is 5.32 Å². The predicted molar refractivity (Wildman–Crippen MR) is 118 cm³/mol.